The van der Waals surface area contributed by atoms with Gasteiger partial charge in [0.15, 0.2) is 0 Å². The van der Waals surface area contributed by atoms with Gasteiger partial charge in [-0.05, 0) is 43.1 Å². The second kappa shape index (κ2) is 8.11. The van der Waals surface area contributed by atoms with Crippen LogP contribution in [0.2, 0.25) is 0 Å². The first-order chi connectivity index (χ1) is 8.67. The van der Waals surface area contributed by atoms with Crippen molar-refractivity contribution in [3.8, 4) is 0 Å². The number of methoxy groups -OCH3 is 1. The van der Waals surface area contributed by atoms with Crippen LogP contribution in [-0.4, -0.2) is 38.3 Å². The average molecular weight is 250 g/mol. The van der Waals surface area contributed by atoms with E-state index in [-0.39, 0.29) is 0 Å². The Morgan fingerprint density at radius 1 is 1.22 bits per heavy atom. The normalized spacial score (nSPS) is 12.9. The van der Waals surface area contributed by atoms with Crippen LogP contribution in [-0.2, 0) is 4.74 Å². The molecular formula is C15H26N2O. The fraction of sp³-hybridized carbons (Fsp3) is 0.600. The van der Waals surface area contributed by atoms with E-state index in [9.17, 15) is 0 Å². The first-order valence-electron chi connectivity index (χ1n) is 6.74. The summed E-state index contributed by atoms with van der Waals surface area (Å²) in [5, 5.41) is 0. The van der Waals surface area contributed by atoms with Crippen LogP contribution in [0.15, 0.2) is 24.3 Å². The summed E-state index contributed by atoms with van der Waals surface area (Å²) in [6, 6.07) is 8.22. The van der Waals surface area contributed by atoms with E-state index in [2.05, 4.69) is 30.9 Å². The third-order valence-corrected chi connectivity index (χ3v) is 3.44. The summed E-state index contributed by atoms with van der Waals surface area (Å²) in [6.45, 7) is 8.49. The molecule has 1 atom stereocenters. The van der Waals surface area contributed by atoms with E-state index >= 15 is 0 Å². The Hall–Kier alpha value is -1.06. The minimum Gasteiger partial charge on any atom is -0.399 e. The fourth-order valence-electron chi connectivity index (χ4n) is 2.02. The summed E-state index contributed by atoms with van der Waals surface area (Å²) in [5.74, 6) is 0.571. The van der Waals surface area contributed by atoms with E-state index in [0.717, 1.165) is 31.9 Å². The smallest absolute Gasteiger partial charge is 0.0589 e. The highest BCUT2D eigenvalue weighted by Gasteiger charge is 2.08. The number of ether oxygens (including phenoxy) is 1. The van der Waals surface area contributed by atoms with E-state index in [0.29, 0.717) is 5.92 Å². The minimum absolute atomic E-state index is 0.571. The predicted molar refractivity (Wildman–Crippen MR) is 77.9 cm³/mol. The molecule has 1 unspecified atom stereocenters. The largest absolute Gasteiger partial charge is 0.399 e. The van der Waals surface area contributed by atoms with Crippen molar-refractivity contribution in [2.24, 2.45) is 0 Å². The van der Waals surface area contributed by atoms with Gasteiger partial charge in [0.1, 0.15) is 0 Å². The molecule has 0 radical (unpaired) electrons. The maximum atomic E-state index is 5.70. The summed E-state index contributed by atoms with van der Waals surface area (Å²) in [5.41, 5.74) is 7.91. The molecule has 1 aromatic carbocycles. The standard InChI is InChI=1S/C15H26N2O/c1-4-17(11-12-18-3)10-9-13(2)14-5-7-15(16)8-6-14/h5-8,13H,4,9-12,16H2,1-3H3. The Balaban J connectivity index is 2.39. The van der Waals surface area contributed by atoms with E-state index in [1.54, 1.807) is 7.11 Å². The zero-order chi connectivity index (χ0) is 13.4. The third-order valence-electron chi connectivity index (χ3n) is 3.44. The summed E-state index contributed by atoms with van der Waals surface area (Å²) in [7, 11) is 1.75. The summed E-state index contributed by atoms with van der Waals surface area (Å²) in [6.07, 6.45) is 1.17. The Morgan fingerprint density at radius 3 is 2.44 bits per heavy atom. The molecule has 0 aromatic heterocycles. The van der Waals surface area contributed by atoms with Gasteiger partial charge in [-0.2, -0.15) is 0 Å². The van der Waals surface area contributed by atoms with Crippen LogP contribution >= 0.6 is 0 Å². The van der Waals surface area contributed by atoms with Crippen molar-refractivity contribution in [2.45, 2.75) is 26.2 Å². The number of nitrogens with zero attached hydrogens (tertiary/aromatic N) is 1. The average Bonchev–Trinajstić information content (AvgIpc) is 2.39. The number of anilines is 1. The second-order valence-corrected chi connectivity index (χ2v) is 4.78. The van der Waals surface area contributed by atoms with Crippen molar-refractivity contribution >= 4 is 5.69 Å². The number of rotatable bonds is 8. The first kappa shape index (κ1) is 15.0. The molecule has 18 heavy (non-hydrogen) atoms. The molecule has 0 aliphatic rings. The number of nitrogens with two attached hydrogens (primary N) is 1. The molecule has 1 rings (SSSR count). The van der Waals surface area contributed by atoms with Gasteiger partial charge in [0, 0.05) is 19.3 Å². The van der Waals surface area contributed by atoms with Crippen molar-refractivity contribution in [1.82, 2.24) is 4.90 Å². The van der Waals surface area contributed by atoms with Crippen LogP contribution in [0.25, 0.3) is 0 Å². The van der Waals surface area contributed by atoms with Gasteiger partial charge in [-0.1, -0.05) is 26.0 Å². The zero-order valence-electron chi connectivity index (χ0n) is 11.9. The van der Waals surface area contributed by atoms with Crippen molar-refractivity contribution in [2.75, 3.05) is 39.1 Å². The van der Waals surface area contributed by atoms with Crippen molar-refractivity contribution in [3.63, 3.8) is 0 Å². The molecule has 0 saturated heterocycles. The Morgan fingerprint density at radius 2 is 1.89 bits per heavy atom. The van der Waals surface area contributed by atoms with Gasteiger partial charge in [0.2, 0.25) is 0 Å². The number of benzene rings is 1. The van der Waals surface area contributed by atoms with Crippen molar-refractivity contribution in [1.29, 1.82) is 0 Å². The zero-order valence-corrected chi connectivity index (χ0v) is 11.9. The quantitative estimate of drug-likeness (QED) is 0.721. The summed E-state index contributed by atoms with van der Waals surface area (Å²) < 4.78 is 5.12. The highest BCUT2D eigenvalue weighted by atomic mass is 16.5. The molecule has 0 aliphatic heterocycles. The molecule has 0 aliphatic carbocycles. The molecule has 0 spiro atoms. The van der Waals surface area contributed by atoms with Gasteiger partial charge in [-0.15, -0.1) is 0 Å². The second-order valence-electron chi connectivity index (χ2n) is 4.78. The van der Waals surface area contributed by atoms with Crippen LogP contribution in [0, 0.1) is 0 Å². The molecule has 0 saturated carbocycles. The number of likely N-dealkylation sites (N-methyl/N-ethyl adjacent to an activating group) is 1. The van der Waals surface area contributed by atoms with Gasteiger partial charge >= 0.3 is 0 Å². The van der Waals surface area contributed by atoms with Crippen LogP contribution in [0.3, 0.4) is 0 Å². The van der Waals surface area contributed by atoms with Gasteiger partial charge in [0.05, 0.1) is 6.61 Å². The lowest BCUT2D eigenvalue weighted by Gasteiger charge is -2.22. The lowest BCUT2D eigenvalue weighted by Crippen LogP contribution is -2.29. The number of hydrogen-bond donors (Lipinski definition) is 1. The van der Waals surface area contributed by atoms with Crippen LogP contribution in [0.4, 0.5) is 5.69 Å². The molecule has 3 nitrogen and oxygen atoms in total. The first-order valence-corrected chi connectivity index (χ1v) is 6.74. The lowest BCUT2D eigenvalue weighted by molar-refractivity contribution is 0.149. The molecule has 1 aromatic rings. The minimum atomic E-state index is 0.571. The lowest BCUT2D eigenvalue weighted by atomic mass is 9.97. The molecular weight excluding hydrogens is 224 g/mol. The SMILES string of the molecule is CCN(CCOC)CCC(C)c1ccc(N)cc1. The summed E-state index contributed by atoms with van der Waals surface area (Å²) >= 11 is 0. The Labute approximate surface area is 111 Å². The third kappa shape index (κ3) is 5.07. The maximum absolute atomic E-state index is 5.70. The van der Waals surface area contributed by atoms with Gasteiger partial charge < -0.3 is 15.4 Å². The monoisotopic (exact) mass is 250 g/mol. The molecule has 0 amide bonds. The van der Waals surface area contributed by atoms with E-state index in [4.69, 9.17) is 10.5 Å². The fourth-order valence-corrected chi connectivity index (χ4v) is 2.02. The van der Waals surface area contributed by atoms with Crippen LogP contribution in [0.1, 0.15) is 31.7 Å². The van der Waals surface area contributed by atoms with Crippen molar-refractivity contribution < 1.29 is 4.74 Å². The molecule has 2 N–H and O–H groups in total. The van der Waals surface area contributed by atoms with E-state index in [1.807, 2.05) is 12.1 Å². The van der Waals surface area contributed by atoms with Crippen LogP contribution in [0.5, 0.6) is 0 Å². The maximum Gasteiger partial charge on any atom is 0.0589 e. The molecule has 0 bridgehead atoms. The molecule has 0 fully saturated rings. The van der Waals surface area contributed by atoms with E-state index < -0.39 is 0 Å². The number of hydrogen-bond acceptors (Lipinski definition) is 3. The predicted octanol–water partition coefficient (Wildman–Crippen LogP) is 2.73. The topological polar surface area (TPSA) is 38.5 Å². The highest BCUT2D eigenvalue weighted by Crippen LogP contribution is 2.20. The Kier molecular flexibility index (Phi) is 6.76. The highest BCUT2D eigenvalue weighted by molar-refractivity contribution is 5.40. The van der Waals surface area contributed by atoms with Crippen molar-refractivity contribution in [3.05, 3.63) is 29.8 Å². The molecule has 0 heterocycles. The van der Waals surface area contributed by atoms with E-state index in [1.165, 1.54) is 12.0 Å². The Bertz CT molecular complexity index is 324. The summed E-state index contributed by atoms with van der Waals surface area (Å²) in [4.78, 5) is 2.43. The van der Waals surface area contributed by atoms with Gasteiger partial charge in [-0.25, -0.2) is 0 Å². The van der Waals surface area contributed by atoms with Crippen LogP contribution < -0.4 is 5.73 Å². The molecule has 102 valence electrons. The number of nitrogen functional groups attached to an aromatic ring is 1. The molecule has 3 heteroatoms. The van der Waals surface area contributed by atoms with Gasteiger partial charge in [-0.3, -0.25) is 0 Å². The van der Waals surface area contributed by atoms with Gasteiger partial charge in [0.25, 0.3) is 0 Å².